The zero-order chi connectivity index (χ0) is 22.4. The molecule has 0 radical (unpaired) electrons. The van der Waals surface area contributed by atoms with Crippen LogP contribution < -0.4 is 16.4 Å². The molecule has 3 rings (SSSR count). The quantitative estimate of drug-likeness (QED) is 0.512. The molecule has 0 saturated carbocycles. The molecule has 4 N–H and O–H groups in total. The molecule has 8 heteroatoms. The van der Waals surface area contributed by atoms with Crippen molar-refractivity contribution in [1.29, 1.82) is 0 Å². The Hall–Kier alpha value is -3.81. The molecule has 3 aromatic rings. The normalized spacial score (nSPS) is 12.7. The largest absolute Gasteiger partial charge is 0.368 e. The van der Waals surface area contributed by atoms with E-state index in [-0.39, 0.29) is 12.8 Å². The summed E-state index contributed by atoms with van der Waals surface area (Å²) in [4.78, 5) is 40.9. The van der Waals surface area contributed by atoms with Crippen molar-refractivity contribution in [3.05, 3.63) is 77.7 Å². The van der Waals surface area contributed by atoms with Gasteiger partial charge in [-0.15, -0.1) is 0 Å². The van der Waals surface area contributed by atoms with Crippen LogP contribution in [0.15, 0.2) is 60.7 Å². The number of para-hydroxylation sites is 1. The molecule has 0 fully saturated rings. The Labute approximate surface area is 178 Å². The molecule has 31 heavy (non-hydrogen) atoms. The number of carbonyl (C=O) groups excluding carboxylic acids is 3. The smallest absolute Gasteiger partial charge is 0.243 e. The Bertz CT molecular complexity index is 1100. The zero-order valence-electron chi connectivity index (χ0n) is 17.0. The molecule has 2 atom stereocenters. The molecule has 1 heterocycles. The van der Waals surface area contributed by atoms with E-state index in [0.717, 1.165) is 10.9 Å². The van der Waals surface area contributed by atoms with Crippen LogP contribution in [0.4, 0.5) is 4.39 Å². The fourth-order valence-electron chi connectivity index (χ4n) is 3.24. The minimum atomic E-state index is -1.01. The van der Waals surface area contributed by atoms with Gasteiger partial charge in [0.15, 0.2) is 0 Å². The van der Waals surface area contributed by atoms with Crippen LogP contribution in [0.1, 0.15) is 18.2 Å². The van der Waals surface area contributed by atoms with Crippen LogP contribution in [0.2, 0.25) is 0 Å². The molecule has 160 valence electrons. The summed E-state index contributed by atoms with van der Waals surface area (Å²) in [5, 5.41) is 6.13. The van der Waals surface area contributed by atoms with Crippen molar-refractivity contribution >= 4 is 28.6 Å². The van der Waals surface area contributed by atoms with Crippen LogP contribution >= 0.6 is 0 Å². The van der Waals surface area contributed by atoms with Crippen LogP contribution in [-0.2, 0) is 27.2 Å². The Kier molecular flexibility index (Phi) is 6.92. The first-order chi connectivity index (χ1) is 14.8. The number of hydrogen-bond donors (Lipinski definition) is 3. The maximum atomic E-state index is 13.2. The summed E-state index contributed by atoms with van der Waals surface area (Å²) < 4.78 is 13.2. The highest BCUT2D eigenvalue weighted by molar-refractivity contribution is 5.91. The average molecular weight is 422 g/mol. The van der Waals surface area contributed by atoms with Crippen molar-refractivity contribution in [3.63, 3.8) is 0 Å². The van der Waals surface area contributed by atoms with Gasteiger partial charge < -0.3 is 16.4 Å². The van der Waals surface area contributed by atoms with Crippen LogP contribution in [0.5, 0.6) is 0 Å². The van der Waals surface area contributed by atoms with E-state index in [4.69, 9.17) is 5.73 Å². The van der Waals surface area contributed by atoms with Crippen molar-refractivity contribution in [2.24, 2.45) is 5.73 Å². The summed E-state index contributed by atoms with van der Waals surface area (Å²) in [5.41, 5.74) is 7.52. The van der Waals surface area contributed by atoms with Crippen LogP contribution in [0.3, 0.4) is 0 Å². The number of nitrogens with zero attached hydrogens (tertiary/aromatic N) is 1. The number of aromatic nitrogens is 1. The van der Waals surface area contributed by atoms with Gasteiger partial charge in [0.1, 0.15) is 17.9 Å². The molecular formula is C23H23FN4O3. The summed E-state index contributed by atoms with van der Waals surface area (Å²) in [5.74, 6) is -2.09. The first-order valence-electron chi connectivity index (χ1n) is 9.77. The predicted molar refractivity (Wildman–Crippen MR) is 114 cm³/mol. The number of rotatable bonds is 8. The number of nitrogens with one attached hydrogen (secondary N) is 2. The van der Waals surface area contributed by atoms with E-state index >= 15 is 0 Å². The van der Waals surface area contributed by atoms with Crippen molar-refractivity contribution in [2.75, 3.05) is 0 Å². The third kappa shape index (κ3) is 6.08. The van der Waals surface area contributed by atoms with E-state index in [0.29, 0.717) is 11.3 Å². The molecule has 3 amide bonds. The van der Waals surface area contributed by atoms with Gasteiger partial charge in [-0.25, -0.2) is 4.39 Å². The molecule has 2 aromatic carbocycles. The molecular weight excluding hydrogens is 399 g/mol. The average Bonchev–Trinajstić information content (AvgIpc) is 2.73. The Balaban J connectivity index is 1.74. The lowest BCUT2D eigenvalue weighted by Crippen LogP contribution is -2.54. The van der Waals surface area contributed by atoms with E-state index in [9.17, 15) is 18.8 Å². The number of hydrogen-bond acceptors (Lipinski definition) is 4. The fraction of sp³-hybridized carbons (Fsp3) is 0.217. The summed E-state index contributed by atoms with van der Waals surface area (Å²) in [6, 6.07) is 14.8. The molecule has 0 aliphatic heterocycles. The molecule has 1 aromatic heterocycles. The van der Waals surface area contributed by atoms with Gasteiger partial charge >= 0.3 is 0 Å². The van der Waals surface area contributed by atoms with Crippen molar-refractivity contribution in [2.45, 2.75) is 31.8 Å². The fourth-order valence-corrected chi connectivity index (χ4v) is 3.24. The number of carbonyl (C=O) groups is 3. The Morgan fingerprint density at radius 1 is 0.935 bits per heavy atom. The third-order valence-electron chi connectivity index (χ3n) is 4.78. The monoisotopic (exact) mass is 422 g/mol. The minimum Gasteiger partial charge on any atom is -0.368 e. The molecule has 0 unspecified atom stereocenters. The standard InChI is InChI=1S/C23H23FN4O3/c1-14(29)26-21(12-15-6-9-17(24)10-7-15)23(31)28-20(22(25)30)13-18-11-8-16-4-2-3-5-19(16)27-18/h2-11,20-21H,12-13H2,1H3,(H2,25,30)(H,26,29)(H,28,31)/t20-,21+/m1/s1. The number of pyridine rings is 1. The summed E-state index contributed by atoms with van der Waals surface area (Å²) in [7, 11) is 0. The molecule has 0 aliphatic carbocycles. The molecule has 0 saturated heterocycles. The lowest BCUT2D eigenvalue weighted by molar-refractivity contribution is -0.130. The maximum absolute atomic E-state index is 13.2. The van der Waals surface area contributed by atoms with Gasteiger partial charge in [0.05, 0.1) is 5.52 Å². The SMILES string of the molecule is CC(=O)N[C@@H](Cc1ccc(F)cc1)C(=O)N[C@H](Cc1ccc2ccccc2n1)C(N)=O. The van der Waals surface area contributed by atoms with Crippen LogP contribution in [0, 0.1) is 5.82 Å². The van der Waals surface area contributed by atoms with E-state index in [2.05, 4.69) is 15.6 Å². The number of benzene rings is 2. The van der Waals surface area contributed by atoms with E-state index < -0.39 is 35.6 Å². The second-order valence-corrected chi connectivity index (χ2v) is 7.25. The summed E-state index contributed by atoms with van der Waals surface area (Å²) in [6.07, 6.45) is 0.237. The first kappa shape index (κ1) is 21.9. The van der Waals surface area contributed by atoms with Crippen LogP contribution in [0.25, 0.3) is 10.9 Å². The van der Waals surface area contributed by atoms with Gasteiger partial charge in [-0.05, 0) is 29.8 Å². The van der Waals surface area contributed by atoms with Crippen molar-refractivity contribution in [3.8, 4) is 0 Å². The van der Waals surface area contributed by atoms with Gasteiger partial charge in [0, 0.05) is 30.8 Å². The van der Waals surface area contributed by atoms with Crippen molar-refractivity contribution in [1.82, 2.24) is 15.6 Å². The number of nitrogens with two attached hydrogens (primary N) is 1. The first-order valence-corrected chi connectivity index (χ1v) is 9.77. The molecule has 0 spiro atoms. The number of primary amides is 1. The number of amides is 3. The number of fused-ring (bicyclic) bond motifs is 1. The Morgan fingerprint density at radius 3 is 2.32 bits per heavy atom. The van der Waals surface area contributed by atoms with Gasteiger partial charge in [-0.3, -0.25) is 19.4 Å². The van der Waals surface area contributed by atoms with Gasteiger partial charge in [-0.2, -0.15) is 0 Å². The highest BCUT2D eigenvalue weighted by atomic mass is 19.1. The predicted octanol–water partition coefficient (Wildman–Crippen LogP) is 1.63. The van der Waals surface area contributed by atoms with Gasteiger partial charge in [-0.1, -0.05) is 36.4 Å². The lowest BCUT2D eigenvalue weighted by atomic mass is 10.0. The van der Waals surface area contributed by atoms with E-state index in [1.165, 1.54) is 31.2 Å². The summed E-state index contributed by atoms with van der Waals surface area (Å²) >= 11 is 0. The highest BCUT2D eigenvalue weighted by Crippen LogP contribution is 2.13. The minimum absolute atomic E-state index is 0.106. The van der Waals surface area contributed by atoms with E-state index in [1.807, 2.05) is 30.3 Å². The highest BCUT2D eigenvalue weighted by Gasteiger charge is 2.26. The van der Waals surface area contributed by atoms with Crippen LogP contribution in [-0.4, -0.2) is 34.8 Å². The van der Waals surface area contributed by atoms with Gasteiger partial charge in [0.2, 0.25) is 17.7 Å². The summed E-state index contributed by atoms with van der Waals surface area (Å²) in [6.45, 7) is 1.29. The second kappa shape index (κ2) is 9.80. The van der Waals surface area contributed by atoms with Crippen molar-refractivity contribution < 1.29 is 18.8 Å². The van der Waals surface area contributed by atoms with Gasteiger partial charge in [0.25, 0.3) is 0 Å². The third-order valence-corrected chi connectivity index (χ3v) is 4.78. The number of halogens is 1. The van der Waals surface area contributed by atoms with E-state index in [1.54, 1.807) is 6.07 Å². The molecule has 7 nitrogen and oxygen atoms in total. The molecule has 0 bridgehead atoms. The zero-order valence-corrected chi connectivity index (χ0v) is 17.0. The Morgan fingerprint density at radius 2 is 1.65 bits per heavy atom. The molecule has 0 aliphatic rings. The second-order valence-electron chi connectivity index (χ2n) is 7.25. The maximum Gasteiger partial charge on any atom is 0.243 e. The topological polar surface area (TPSA) is 114 Å². The lowest BCUT2D eigenvalue weighted by Gasteiger charge is -2.21.